The Morgan fingerprint density at radius 3 is 2.54 bits per heavy atom. The van der Waals surface area contributed by atoms with Crippen LogP contribution in [0.25, 0.3) is 6.08 Å². The predicted octanol–water partition coefficient (Wildman–Crippen LogP) is 2.08. The second-order valence-corrected chi connectivity index (χ2v) is 2.25. The molecule has 0 unspecified atom stereocenters. The van der Waals surface area contributed by atoms with Crippen LogP contribution in [0.4, 0.5) is 0 Å². The third-order valence-corrected chi connectivity index (χ3v) is 1.55. The van der Waals surface area contributed by atoms with E-state index in [4.69, 9.17) is 4.74 Å². The summed E-state index contributed by atoms with van der Waals surface area (Å²) in [7, 11) is 0. The topological polar surface area (TPSA) is 9.23 Å². The molecule has 0 atom stereocenters. The van der Waals surface area contributed by atoms with Crippen molar-refractivity contribution in [1.29, 1.82) is 0 Å². The van der Waals surface area contributed by atoms with Crippen LogP contribution in [-0.2, 0) is 65.0 Å². The zero-order valence-corrected chi connectivity index (χ0v) is 11.8. The van der Waals surface area contributed by atoms with E-state index in [0.717, 1.165) is 5.75 Å². The van der Waals surface area contributed by atoms with E-state index >= 15 is 0 Å². The van der Waals surface area contributed by atoms with E-state index in [1.165, 1.54) is 5.56 Å². The largest absolute Gasteiger partial charge is 0.489 e. The first-order valence-electron chi connectivity index (χ1n) is 3.35. The van der Waals surface area contributed by atoms with Crippen molar-refractivity contribution in [3.8, 4) is 5.75 Å². The summed E-state index contributed by atoms with van der Waals surface area (Å²) in [4.78, 5) is 0. The number of hydrogen-bond donors (Lipinski definition) is 0. The Labute approximate surface area is 123 Å². The van der Waals surface area contributed by atoms with Crippen molar-refractivity contribution < 1.29 is 69.7 Å². The summed E-state index contributed by atoms with van der Waals surface area (Å²) in [5.74, 6) is 0.991. The van der Waals surface area contributed by atoms with E-state index in [0.29, 0.717) is 6.61 Å². The molecular formula is C9H8CuOTiZr. The maximum atomic E-state index is 5.34. The first kappa shape index (κ1) is 16.3. The smallest absolute Gasteiger partial charge is 0.126 e. The van der Waals surface area contributed by atoms with Crippen LogP contribution in [0.15, 0.2) is 30.3 Å². The van der Waals surface area contributed by atoms with Crippen LogP contribution in [0.5, 0.6) is 5.75 Å². The third-order valence-electron chi connectivity index (χ3n) is 1.55. The van der Waals surface area contributed by atoms with Gasteiger partial charge >= 0.3 is 0 Å². The fourth-order valence-corrected chi connectivity index (χ4v) is 1.06. The van der Waals surface area contributed by atoms with Crippen LogP contribution in [0.1, 0.15) is 5.56 Å². The van der Waals surface area contributed by atoms with Crippen molar-refractivity contribution in [2.24, 2.45) is 0 Å². The molecule has 1 aliphatic rings. The van der Waals surface area contributed by atoms with E-state index in [1.54, 1.807) is 0 Å². The van der Waals surface area contributed by atoms with Crippen LogP contribution >= 0.6 is 0 Å². The van der Waals surface area contributed by atoms with Crippen LogP contribution in [0.3, 0.4) is 0 Å². The van der Waals surface area contributed by atoms with Gasteiger partial charge in [0.15, 0.2) is 0 Å². The molecule has 1 radical (unpaired) electrons. The summed E-state index contributed by atoms with van der Waals surface area (Å²) >= 11 is 0. The Kier molecular flexibility index (Phi) is 10.3. The summed E-state index contributed by atoms with van der Waals surface area (Å²) in [6.45, 7) is 0.705. The van der Waals surface area contributed by atoms with Crippen LogP contribution < -0.4 is 4.74 Å². The quantitative estimate of drug-likeness (QED) is 0.660. The molecule has 1 aromatic rings. The van der Waals surface area contributed by atoms with Crippen molar-refractivity contribution in [3.63, 3.8) is 0 Å². The van der Waals surface area contributed by atoms with E-state index in [1.807, 2.05) is 30.3 Å². The minimum absolute atomic E-state index is 0. The SMILES string of the molecule is C1=Cc2ccccc2OC1.[Cu].[Ti].[Zr]. The van der Waals surface area contributed by atoms with Crippen molar-refractivity contribution in [1.82, 2.24) is 0 Å². The second-order valence-electron chi connectivity index (χ2n) is 2.25. The normalized spacial score (nSPS) is 10.8. The Balaban J connectivity index is 0. The molecule has 1 aromatic carbocycles. The van der Waals surface area contributed by atoms with Crippen LogP contribution in [0, 0.1) is 0 Å². The van der Waals surface area contributed by atoms with Crippen molar-refractivity contribution in [2.75, 3.05) is 6.61 Å². The minimum atomic E-state index is 0. The van der Waals surface area contributed by atoms with Gasteiger partial charge in [0.1, 0.15) is 12.4 Å². The molecule has 0 aliphatic carbocycles. The van der Waals surface area contributed by atoms with Gasteiger partial charge in [-0.1, -0.05) is 24.3 Å². The number of para-hydroxylation sites is 1. The van der Waals surface area contributed by atoms with E-state index < -0.39 is 0 Å². The van der Waals surface area contributed by atoms with E-state index in [9.17, 15) is 0 Å². The zero-order valence-electron chi connectivity index (χ0n) is 6.88. The second kappa shape index (κ2) is 8.21. The molecule has 0 N–H and O–H groups in total. The van der Waals surface area contributed by atoms with Crippen molar-refractivity contribution >= 4 is 6.08 Å². The molecule has 4 heteroatoms. The molecule has 13 heavy (non-hydrogen) atoms. The third kappa shape index (κ3) is 4.28. The number of benzene rings is 1. The summed E-state index contributed by atoms with van der Waals surface area (Å²) in [6.07, 6.45) is 4.10. The predicted molar refractivity (Wildman–Crippen MR) is 41.0 cm³/mol. The molecule has 0 bridgehead atoms. The van der Waals surface area contributed by atoms with Gasteiger partial charge < -0.3 is 4.74 Å². The summed E-state index contributed by atoms with van der Waals surface area (Å²) in [5, 5.41) is 0. The molecule has 2 rings (SSSR count). The Hall–Kier alpha value is 0.877. The summed E-state index contributed by atoms with van der Waals surface area (Å²) < 4.78 is 5.34. The number of hydrogen-bond acceptors (Lipinski definition) is 1. The van der Waals surface area contributed by atoms with Gasteiger partial charge in [0.25, 0.3) is 0 Å². The molecule has 0 spiro atoms. The fraction of sp³-hybridized carbons (Fsp3) is 0.111. The first-order valence-corrected chi connectivity index (χ1v) is 3.35. The summed E-state index contributed by atoms with van der Waals surface area (Å²) in [6, 6.07) is 8.03. The summed E-state index contributed by atoms with van der Waals surface area (Å²) in [5.41, 5.74) is 1.17. The van der Waals surface area contributed by atoms with Gasteiger partial charge in [-0.2, -0.15) is 0 Å². The van der Waals surface area contributed by atoms with Gasteiger partial charge in [-0.05, 0) is 12.1 Å². The van der Waals surface area contributed by atoms with Crippen molar-refractivity contribution in [2.45, 2.75) is 0 Å². The molecule has 0 fully saturated rings. The average Bonchev–Trinajstić information content (AvgIpc) is 2.05. The minimum Gasteiger partial charge on any atom is -0.489 e. The zero-order chi connectivity index (χ0) is 6.81. The monoisotopic (exact) mass is 333 g/mol. The number of fused-ring (bicyclic) bond motifs is 1. The maximum absolute atomic E-state index is 5.34. The molecular weight excluding hydrogens is 327 g/mol. The number of rotatable bonds is 0. The molecule has 1 heterocycles. The Bertz CT molecular complexity index is 278. The van der Waals surface area contributed by atoms with Gasteiger partial charge in [-0.15, -0.1) is 0 Å². The van der Waals surface area contributed by atoms with Crippen LogP contribution in [-0.4, -0.2) is 6.61 Å². The molecule has 69 valence electrons. The maximum Gasteiger partial charge on any atom is 0.126 e. The van der Waals surface area contributed by atoms with Crippen molar-refractivity contribution in [3.05, 3.63) is 35.9 Å². The van der Waals surface area contributed by atoms with E-state index in [-0.39, 0.29) is 65.0 Å². The molecule has 1 aliphatic heterocycles. The van der Waals surface area contributed by atoms with Gasteiger partial charge in [0.05, 0.1) is 0 Å². The molecule has 0 amide bonds. The molecule has 1 nitrogen and oxygen atoms in total. The van der Waals surface area contributed by atoms with Gasteiger partial charge in [0, 0.05) is 70.6 Å². The standard InChI is InChI=1S/C9H8O.Cu.Ti.Zr/c1-2-6-9-8(4-1)5-3-7-10-9;;;/h1-6H,7H2;;;. The Morgan fingerprint density at radius 1 is 1.15 bits per heavy atom. The molecule has 0 saturated heterocycles. The molecule has 0 aromatic heterocycles. The average molecular weight is 335 g/mol. The van der Waals surface area contributed by atoms with Gasteiger partial charge in [0.2, 0.25) is 0 Å². The van der Waals surface area contributed by atoms with E-state index in [2.05, 4.69) is 6.08 Å². The van der Waals surface area contributed by atoms with Crippen LogP contribution in [0.2, 0.25) is 0 Å². The first-order chi connectivity index (χ1) is 4.97. The Morgan fingerprint density at radius 2 is 1.85 bits per heavy atom. The van der Waals surface area contributed by atoms with Gasteiger partial charge in [-0.25, -0.2) is 0 Å². The fourth-order valence-electron chi connectivity index (χ4n) is 1.06. The molecule has 0 saturated carbocycles. The number of ether oxygens (including phenoxy) is 1. The van der Waals surface area contributed by atoms with Gasteiger partial charge in [-0.3, -0.25) is 0 Å².